The molecule has 0 saturated carbocycles. The molecular formula is C18H24O5. The summed E-state index contributed by atoms with van der Waals surface area (Å²) in [6, 6.07) is 9.99. The quantitative estimate of drug-likeness (QED) is 0.781. The fraction of sp³-hybridized carbons (Fsp3) is 0.556. The van der Waals surface area contributed by atoms with Crippen LogP contribution in [-0.4, -0.2) is 43.6 Å². The zero-order chi connectivity index (χ0) is 16.4. The fourth-order valence-corrected chi connectivity index (χ4v) is 3.11. The van der Waals surface area contributed by atoms with Crippen molar-refractivity contribution < 1.29 is 23.7 Å². The van der Waals surface area contributed by atoms with Gasteiger partial charge in [-0.15, -0.1) is 6.58 Å². The molecule has 5 nitrogen and oxygen atoms in total. The van der Waals surface area contributed by atoms with Crippen molar-refractivity contribution >= 4 is 0 Å². The monoisotopic (exact) mass is 320 g/mol. The van der Waals surface area contributed by atoms with Gasteiger partial charge in [-0.2, -0.15) is 0 Å². The summed E-state index contributed by atoms with van der Waals surface area (Å²) in [5.74, 6) is -0.684. The molecule has 1 aromatic rings. The number of hydrogen-bond donors (Lipinski definition) is 0. The molecule has 126 valence electrons. The first-order valence-corrected chi connectivity index (χ1v) is 7.86. The van der Waals surface area contributed by atoms with Gasteiger partial charge in [0.15, 0.2) is 12.1 Å². The Labute approximate surface area is 137 Å². The van der Waals surface area contributed by atoms with Crippen molar-refractivity contribution in [3.8, 4) is 0 Å². The predicted molar refractivity (Wildman–Crippen MR) is 84.7 cm³/mol. The Balaban J connectivity index is 1.77. The van der Waals surface area contributed by atoms with Crippen LogP contribution in [0.2, 0.25) is 0 Å². The Hall–Kier alpha value is -1.24. The van der Waals surface area contributed by atoms with E-state index < -0.39 is 12.1 Å². The van der Waals surface area contributed by atoms with Gasteiger partial charge in [0.1, 0.15) is 24.4 Å². The summed E-state index contributed by atoms with van der Waals surface area (Å²) in [6.45, 7) is 8.06. The van der Waals surface area contributed by atoms with E-state index in [0.29, 0.717) is 6.61 Å². The van der Waals surface area contributed by atoms with Gasteiger partial charge in [0.05, 0.1) is 6.61 Å². The van der Waals surface area contributed by atoms with Gasteiger partial charge < -0.3 is 23.7 Å². The van der Waals surface area contributed by atoms with Crippen molar-refractivity contribution in [3.05, 3.63) is 48.6 Å². The number of methoxy groups -OCH3 is 1. The standard InChI is InChI=1S/C18H24O5/c1-5-13-14-15(23-18(2,3)22-14)16(17(19-4)21-13)20-11-12-9-7-6-8-10-12/h5-10,13-17H,1,11H2,2-4H3/t13-,14+,15+,16-,17+/m1/s1. The lowest BCUT2D eigenvalue weighted by atomic mass is 9.98. The first-order valence-electron chi connectivity index (χ1n) is 7.86. The van der Waals surface area contributed by atoms with Crippen molar-refractivity contribution in [1.29, 1.82) is 0 Å². The molecular weight excluding hydrogens is 296 g/mol. The van der Waals surface area contributed by atoms with Crippen LogP contribution in [0, 0.1) is 0 Å². The van der Waals surface area contributed by atoms with Gasteiger partial charge >= 0.3 is 0 Å². The molecule has 0 unspecified atom stereocenters. The van der Waals surface area contributed by atoms with Gasteiger partial charge in [0, 0.05) is 7.11 Å². The van der Waals surface area contributed by atoms with Crippen molar-refractivity contribution in [1.82, 2.24) is 0 Å². The Kier molecular flexibility index (Phi) is 4.85. The van der Waals surface area contributed by atoms with E-state index in [9.17, 15) is 0 Å². The van der Waals surface area contributed by atoms with Crippen LogP contribution in [0.15, 0.2) is 43.0 Å². The van der Waals surface area contributed by atoms with Crippen molar-refractivity contribution in [2.75, 3.05) is 7.11 Å². The molecule has 2 aliphatic heterocycles. The highest BCUT2D eigenvalue weighted by Gasteiger charge is 2.55. The maximum Gasteiger partial charge on any atom is 0.186 e. The van der Waals surface area contributed by atoms with Gasteiger partial charge in [0.2, 0.25) is 0 Å². The van der Waals surface area contributed by atoms with Gasteiger partial charge in [-0.1, -0.05) is 36.4 Å². The molecule has 2 heterocycles. The molecule has 0 radical (unpaired) electrons. The molecule has 5 heteroatoms. The highest BCUT2D eigenvalue weighted by molar-refractivity contribution is 5.13. The maximum atomic E-state index is 6.08. The van der Waals surface area contributed by atoms with Gasteiger partial charge in [-0.05, 0) is 19.4 Å². The van der Waals surface area contributed by atoms with E-state index in [2.05, 4.69) is 6.58 Å². The van der Waals surface area contributed by atoms with Gasteiger partial charge in [-0.25, -0.2) is 0 Å². The SMILES string of the molecule is C=C[C@H]1O[C@H](OC)[C@H](OCc2ccccc2)[C@H]2OC(C)(C)O[C@H]21. The molecule has 0 N–H and O–H groups in total. The predicted octanol–water partition coefficient (Wildman–Crippen LogP) is 2.65. The Morgan fingerprint density at radius 3 is 2.52 bits per heavy atom. The molecule has 0 aliphatic carbocycles. The highest BCUT2D eigenvalue weighted by Crippen LogP contribution is 2.39. The molecule has 0 aromatic heterocycles. The van der Waals surface area contributed by atoms with Crippen molar-refractivity contribution in [2.24, 2.45) is 0 Å². The molecule has 0 spiro atoms. The Bertz CT molecular complexity index is 529. The van der Waals surface area contributed by atoms with E-state index in [4.69, 9.17) is 23.7 Å². The minimum atomic E-state index is -0.684. The lowest BCUT2D eigenvalue weighted by molar-refractivity contribution is -0.273. The van der Waals surface area contributed by atoms with Crippen LogP contribution >= 0.6 is 0 Å². The smallest absolute Gasteiger partial charge is 0.186 e. The van der Waals surface area contributed by atoms with Crippen LogP contribution in [0.5, 0.6) is 0 Å². The summed E-state index contributed by atoms with van der Waals surface area (Å²) in [6.07, 6.45) is 0.0130. The first kappa shape index (κ1) is 16.6. The Morgan fingerprint density at radius 2 is 1.87 bits per heavy atom. The largest absolute Gasteiger partial charge is 0.365 e. The molecule has 0 bridgehead atoms. The first-order chi connectivity index (χ1) is 11.0. The van der Waals surface area contributed by atoms with Crippen molar-refractivity contribution in [3.63, 3.8) is 0 Å². The van der Waals surface area contributed by atoms with E-state index in [-0.39, 0.29) is 24.4 Å². The van der Waals surface area contributed by atoms with E-state index in [0.717, 1.165) is 5.56 Å². The maximum absolute atomic E-state index is 6.08. The molecule has 1 aromatic carbocycles. The minimum absolute atomic E-state index is 0.255. The van der Waals surface area contributed by atoms with Crippen LogP contribution in [0.25, 0.3) is 0 Å². The zero-order valence-corrected chi connectivity index (χ0v) is 13.8. The van der Waals surface area contributed by atoms with E-state index in [1.165, 1.54) is 0 Å². The van der Waals surface area contributed by atoms with Crippen LogP contribution in [-0.2, 0) is 30.3 Å². The summed E-state index contributed by atoms with van der Waals surface area (Å²) in [7, 11) is 1.60. The number of fused-ring (bicyclic) bond motifs is 1. The average Bonchev–Trinajstić information content (AvgIpc) is 2.88. The van der Waals surface area contributed by atoms with Crippen LogP contribution < -0.4 is 0 Å². The summed E-state index contributed by atoms with van der Waals surface area (Å²) in [5, 5.41) is 0. The average molecular weight is 320 g/mol. The van der Waals surface area contributed by atoms with Crippen LogP contribution in [0.4, 0.5) is 0 Å². The van der Waals surface area contributed by atoms with E-state index >= 15 is 0 Å². The molecule has 23 heavy (non-hydrogen) atoms. The molecule has 2 aliphatic rings. The zero-order valence-electron chi connectivity index (χ0n) is 13.8. The Morgan fingerprint density at radius 1 is 1.17 bits per heavy atom. The van der Waals surface area contributed by atoms with E-state index in [1.54, 1.807) is 13.2 Å². The molecule has 3 rings (SSSR count). The lowest BCUT2D eigenvalue weighted by Crippen LogP contribution is -2.57. The summed E-state index contributed by atoms with van der Waals surface area (Å²) >= 11 is 0. The number of ether oxygens (including phenoxy) is 5. The highest BCUT2D eigenvalue weighted by atomic mass is 16.8. The third-order valence-corrected chi connectivity index (χ3v) is 4.12. The third-order valence-electron chi connectivity index (χ3n) is 4.12. The second-order valence-corrected chi connectivity index (χ2v) is 6.27. The molecule has 2 fully saturated rings. The summed E-state index contributed by atoms with van der Waals surface area (Å²) in [5.41, 5.74) is 1.09. The van der Waals surface area contributed by atoms with Crippen LogP contribution in [0.3, 0.4) is 0 Å². The summed E-state index contributed by atoms with van der Waals surface area (Å²) < 4.78 is 29.5. The normalized spacial score (nSPS) is 35.7. The second-order valence-electron chi connectivity index (χ2n) is 6.27. The third kappa shape index (κ3) is 3.49. The number of hydrogen-bond acceptors (Lipinski definition) is 5. The van der Waals surface area contributed by atoms with Crippen molar-refractivity contribution in [2.45, 2.75) is 56.9 Å². The van der Waals surface area contributed by atoms with Gasteiger partial charge in [-0.3, -0.25) is 0 Å². The molecule has 2 saturated heterocycles. The fourth-order valence-electron chi connectivity index (χ4n) is 3.11. The minimum Gasteiger partial charge on any atom is -0.365 e. The number of rotatable bonds is 5. The molecule has 0 amide bonds. The van der Waals surface area contributed by atoms with Crippen LogP contribution in [0.1, 0.15) is 19.4 Å². The lowest BCUT2D eigenvalue weighted by Gasteiger charge is -2.40. The van der Waals surface area contributed by atoms with E-state index in [1.807, 2.05) is 44.2 Å². The topological polar surface area (TPSA) is 46.2 Å². The second kappa shape index (κ2) is 6.71. The summed E-state index contributed by atoms with van der Waals surface area (Å²) in [4.78, 5) is 0. The number of benzene rings is 1. The molecule has 5 atom stereocenters. The van der Waals surface area contributed by atoms with Gasteiger partial charge in [0.25, 0.3) is 0 Å².